The lowest BCUT2D eigenvalue weighted by Crippen LogP contribution is -2.09. The molecule has 0 bridgehead atoms. The molecule has 1 aromatic heterocycles. The van der Waals surface area contributed by atoms with Crippen LogP contribution in [0.1, 0.15) is 46.0 Å². The highest BCUT2D eigenvalue weighted by Gasteiger charge is 2.18. The topological polar surface area (TPSA) is 28.7 Å². The van der Waals surface area contributed by atoms with Crippen molar-refractivity contribution in [3.05, 3.63) is 17.5 Å². The third-order valence-electron chi connectivity index (χ3n) is 2.31. The van der Waals surface area contributed by atoms with Crippen LogP contribution < -0.4 is 0 Å². The van der Waals surface area contributed by atoms with E-state index in [2.05, 4.69) is 73.5 Å². The fraction of sp³-hybridized carbons (Fsp3) is 0.769. The zero-order valence-electron chi connectivity index (χ0n) is 11.4. The third-order valence-corrected chi connectivity index (χ3v) is 4.45. The molecule has 4 heteroatoms. The summed E-state index contributed by atoms with van der Waals surface area (Å²) in [5.41, 5.74) is 2.83. The van der Waals surface area contributed by atoms with Crippen molar-refractivity contribution in [1.82, 2.24) is 10.2 Å². The monoisotopic (exact) mass is 366 g/mol. The minimum Gasteiger partial charge on any atom is -0.281 e. The molecule has 2 nitrogen and oxygen atoms in total. The molecule has 1 heterocycles. The smallest absolute Gasteiger partial charge is 0.0633 e. The Morgan fingerprint density at radius 2 is 1.94 bits per heavy atom. The van der Waals surface area contributed by atoms with Crippen molar-refractivity contribution in [3.8, 4) is 0 Å². The van der Waals surface area contributed by atoms with Gasteiger partial charge in [0, 0.05) is 6.42 Å². The minimum atomic E-state index is 0.140. The van der Waals surface area contributed by atoms with Gasteiger partial charge in [0.25, 0.3) is 0 Å². The van der Waals surface area contributed by atoms with Crippen molar-refractivity contribution in [2.24, 2.45) is 5.41 Å². The summed E-state index contributed by atoms with van der Waals surface area (Å²) in [5.74, 6) is 2.37. The average molecular weight is 366 g/mol. The summed E-state index contributed by atoms with van der Waals surface area (Å²) in [4.78, 5) is 0. The number of H-pyrrole nitrogens is 1. The highest BCUT2D eigenvalue weighted by atomic mass is 127. The number of hydrogen-bond donors (Lipinski definition) is 1. The number of hydrogen-bond acceptors (Lipinski definition) is 2. The van der Waals surface area contributed by atoms with Gasteiger partial charge in [0.05, 0.1) is 14.8 Å². The second-order valence-corrected chi connectivity index (χ2v) is 9.91. The molecule has 0 fully saturated rings. The summed E-state index contributed by atoms with van der Waals surface area (Å²) in [6.07, 6.45) is 1.06. The van der Waals surface area contributed by atoms with Crippen LogP contribution in [-0.2, 0) is 9.84 Å². The lowest BCUT2D eigenvalue weighted by molar-refractivity contribution is 0.481. The number of alkyl halides is 1. The first kappa shape index (κ1) is 15.3. The molecule has 0 aromatic carbocycles. The molecular formula is C13H23IN2S. The van der Waals surface area contributed by atoms with E-state index in [0.717, 1.165) is 12.2 Å². The number of aromatic nitrogens is 2. The molecule has 0 saturated heterocycles. The standard InChI is InChI=1S/C13H23IN2S/c1-12(2,3)9-17-7-6-10-8-11(16-15-10)13(4,5)14/h8H,6-7,9H2,1-5H3,(H,15,16). The summed E-state index contributed by atoms with van der Waals surface area (Å²) in [7, 11) is 0. The highest BCUT2D eigenvalue weighted by molar-refractivity contribution is 14.1. The Bertz CT molecular complexity index is 347. The first-order valence-electron chi connectivity index (χ1n) is 6.00. The van der Waals surface area contributed by atoms with Crippen molar-refractivity contribution >= 4 is 34.4 Å². The van der Waals surface area contributed by atoms with Crippen LogP contribution in [0.3, 0.4) is 0 Å². The van der Waals surface area contributed by atoms with E-state index in [9.17, 15) is 0 Å². The lowest BCUT2D eigenvalue weighted by Gasteiger charge is -2.16. The third kappa shape index (κ3) is 6.13. The van der Waals surface area contributed by atoms with Gasteiger partial charge in [-0.15, -0.1) is 0 Å². The van der Waals surface area contributed by atoms with Crippen LogP contribution in [0.2, 0.25) is 0 Å². The number of thioether (sulfide) groups is 1. The summed E-state index contributed by atoms with van der Waals surface area (Å²) in [6.45, 7) is 11.2. The van der Waals surface area contributed by atoms with Gasteiger partial charge in [-0.3, -0.25) is 5.10 Å². The van der Waals surface area contributed by atoms with Crippen LogP contribution in [0.4, 0.5) is 0 Å². The molecule has 1 aromatic rings. The predicted molar refractivity (Wildman–Crippen MR) is 86.1 cm³/mol. The van der Waals surface area contributed by atoms with Crippen LogP contribution in [0.5, 0.6) is 0 Å². The Balaban J connectivity index is 2.36. The van der Waals surface area contributed by atoms with E-state index >= 15 is 0 Å². The zero-order chi connectivity index (χ0) is 13.1. The van der Waals surface area contributed by atoms with Crippen LogP contribution in [-0.4, -0.2) is 21.7 Å². The fourth-order valence-corrected chi connectivity index (χ4v) is 2.74. The SMILES string of the molecule is CC(C)(C)CSCCc1cc(C(C)(C)I)[nH]n1. The van der Waals surface area contributed by atoms with E-state index in [1.807, 2.05) is 11.8 Å². The van der Waals surface area contributed by atoms with E-state index in [0.29, 0.717) is 5.41 Å². The number of halogens is 1. The number of aryl methyl sites for hydroxylation is 1. The summed E-state index contributed by atoms with van der Waals surface area (Å²) in [5, 5.41) is 7.51. The molecule has 0 spiro atoms. The number of rotatable bonds is 5. The van der Waals surface area contributed by atoms with Gasteiger partial charge in [0.1, 0.15) is 0 Å². The Kier molecular flexibility index (Phi) is 5.38. The van der Waals surface area contributed by atoms with Crippen molar-refractivity contribution in [1.29, 1.82) is 0 Å². The quantitative estimate of drug-likeness (QED) is 0.475. The molecule has 0 aliphatic rings. The molecule has 0 aliphatic carbocycles. The Labute approximate surface area is 123 Å². The van der Waals surface area contributed by atoms with Crippen LogP contribution in [0, 0.1) is 5.41 Å². The maximum atomic E-state index is 4.37. The Hall–Kier alpha value is 0.290. The molecule has 0 aliphatic heterocycles. The van der Waals surface area contributed by atoms with Gasteiger partial charge in [-0.25, -0.2) is 0 Å². The fourth-order valence-electron chi connectivity index (χ4n) is 1.35. The van der Waals surface area contributed by atoms with Crippen molar-refractivity contribution < 1.29 is 0 Å². The van der Waals surface area contributed by atoms with Crippen LogP contribution in [0.25, 0.3) is 0 Å². The zero-order valence-corrected chi connectivity index (χ0v) is 14.4. The number of aromatic amines is 1. The maximum absolute atomic E-state index is 4.37. The van der Waals surface area contributed by atoms with Crippen LogP contribution >= 0.6 is 34.4 Å². The van der Waals surface area contributed by atoms with Gasteiger partial charge < -0.3 is 0 Å². The molecule has 0 atom stereocenters. The van der Waals surface area contributed by atoms with E-state index in [1.54, 1.807) is 0 Å². The van der Waals surface area contributed by atoms with Gasteiger partial charge in [0.15, 0.2) is 0 Å². The van der Waals surface area contributed by atoms with Gasteiger partial charge in [-0.1, -0.05) is 43.4 Å². The first-order chi connectivity index (χ1) is 7.68. The Morgan fingerprint density at radius 3 is 2.41 bits per heavy atom. The van der Waals surface area contributed by atoms with Crippen molar-refractivity contribution in [3.63, 3.8) is 0 Å². The largest absolute Gasteiger partial charge is 0.281 e. The van der Waals surface area contributed by atoms with Crippen molar-refractivity contribution in [2.45, 2.75) is 44.5 Å². The lowest BCUT2D eigenvalue weighted by atomic mass is 10.0. The molecule has 0 unspecified atom stereocenters. The number of nitrogens with one attached hydrogen (secondary N) is 1. The molecule has 1 N–H and O–H groups in total. The van der Waals surface area contributed by atoms with Gasteiger partial charge in [-0.2, -0.15) is 16.9 Å². The highest BCUT2D eigenvalue weighted by Crippen LogP contribution is 2.29. The second-order valence-electron chi connectivity index (χ2n) is 6.11. The second kappa shape index (κ2) is 5.95. The van der Waals surface area contributed by atoms with Gasteiger partial charge >= 0.3 is 0 Å². The van der Waals surface area contributed by atoms with Gasteiger partial charge in [-0.05, 0) is 36.8 Å². The predicted octanol–water partition coefficient (Wildman–Crippen LogP) is 4.40. The number of nitrogens with zero attached hydrogens (tertiary/aromatic N) is 1. The summed E-state index contributed by atoms with van der Waals surface area (Å²) < 4.78 is 0.140. The molecular weight excluding hydrogens is 343 g/mol. The first-order valence-corrected chi connectivity index (χ1v) is 8.23. The molecule has 0 radical (unpaired) electrons. The van der Waals surface area contributed by atoms with E-state index in [4.69, 9.17) is 0 Å². The van der Waals surface area contributed by atoms with Crippen LogP contribution in [0.15, 0.2) is 6.07 Å². The maximum Gasteiger partial charge on any atom is 0.0633 e. The van der Waals surface area contributed by atoms with Gasteiger partial charge in [0.2, 0.25) is 0 Å². The summed E-state index contributed by atoms with van der Waals surface area (Å²) in [6, 6.07) is 2.20. The molecule has 0 amide bonds. The minimum absolute atomic E-state index is 0.140. The molecule has 0 saturated carbocycles. The average Bonchev–Trinajstić information content (AvgIpc) is 2.58. The molecule has 98 valence electrons. The summed E-state index contributed by atoms with van der Waals surface area (Å²) >= 11 is 4.45. The van der Waals surface area contributed by atoms with Crippen molar-refractivity contribution in [2.75, 3.05) is 11.5 Å². The Morgan fingerprint density at radius 1 is 1.29 bits per heavy atom. The van der Waals surface area contributed by atoms with E-state index < -0.39 is 0 Å². The van der Waals surface area contributed by atoms with E-state index in [1.165, 1.54) is 17.1 Å². The normalized spacial score (nSPS) is 13.1. The van der Waals surface area contributed by atoms with E-state index in [-0.39, 0.29) is 3.42 Å². The molecule has 1 rings (SSSR count). The molecule has 17 heavy (non-hydrogen) atoms.